The third kappa shape index (κ3) is 10.4. The normalized spacial score (nSPS) is 19.9. The molecule has 1 aliphatic rings. The van der Waals surface area contributed by atoms with Crippen LogP contribution in [-0.4, -0.2) is 48.2 Å². The molecule has 0 spiro atoms. The molecule has 0 fully saturated rings. The van der Waals surface area contributed by atoms with Crippen LogP contribution in [0.4, 0.5) is 0 Å². The van der Waals surface area contributed by atoms with Crippen LogP contribution in [0.2, 0.25) is 0 Å². The van der Waals surface area contributed by atoms with Gasteiger partial charge in [-0.1, -0.05) is 70.4 Å². The lowest BCUT2D eigenvalue weighted by Crippen LogP contribution is -2.52. The van der Waals surface area contributed by atoms with Crippen molar-refractivity contribution in [1.82, 2.24) is 0 Å². The molecular weight excluding hydrogens is 332 g/mol. The fourth-order valence-electron chi connectivity index (χ4n) is 4.25. The smallest absolute Gasteiger partial charge is 0.198 e. The van der Waals surface area contributed by atoms with Gasteiger partial charge in [0.1, 0.15) is 13.1 Å². The molecule has 1 heterocycles. The second-order valence-corrected chi connectivity index (χ2v) is 8.26. The maximum Gasteiger partial charge on any atom is 0.198 e. The molecule has 0 aliphatic carbocycles. The summed E-state index contributed by atoms with van der Waals surface area (Å²) in [5.41, 5.74) is 0. The van der Waals surface area contributed by atoms with Crippen LogP contribution in [0.5, 0.6) is 0 Å². The van der Waals surface area contributed by atoms with Crippen molar-refractivity contribution in [3.05, 3.63) is 12.2 Å². The van der Waals surface area contributed by atoms with E-state index >= 15 is 0 Å². The second kappa shape index (κ2) is 16.3. The van der Waals surface area contributed by atoms with Gasteiger partial charge in [0.25, 0.3) is 0 Å². The van der Waals surface area contributed by atoms with E-state index in [4.69, 9.17) is 4.99 Å². The van der Waals surface area contributed by atoms with E-state index < -0.39 is 0 Å². The number of rotatable bonds is 18. The molecule has 0 radical (unpaired) electrons. The first kappa shape index (κ1) is 24.4. The number of hydrogen-bond acceptors (Lipinski definition) is 2. The van der Waals surface area contributed by atoms with Gasteiger partial charge in [0.2, 0.25) is 0 Å². The van der Waals surface area contributed by atoms with E-state index in [2.05, 4.69) is 26.0 Å². The SMILES string of the molecule is CCCCCCC/C=C/CCCCCCCCC1=NCC[N+]1(CC)CCO. The fraction of sp³-hybridized carbons (Fsp3) is 0.875. The van der Waals surface area contributed by atoms with Gasteiger partial charge in [-0.2, -0.15) is 0 Å². The fourth-order valence-corrected chi connectivity index (χ4v) is 4.25. The van der Waals surface area contributed by atoms with Crippen LogP contribution in [0, 0.1) is 0 Å². The molecule has 0 bridgehead atoms. The van der Waals surface area contributed by atoms with E-state index in [1.165, 1.54) is 89.3 Å². The Kier molecular flexibility index (Phi) is 14.7. The molecule has 0 saturated carbocycles. The minimum Gasteiger partial charge on any atom is -0.390 e. The quantitative estimate of drug-likeness (QED) is 0.170. The van der Waals surface area contributed by atoms with Crippen molar-refractivity contribution in [2.24, 2.45) is 4.99 Å². The van der Waals surface area contributed by atoms with Gasteiger partial charge in [-0.3, -0.25) is 4.48 Å². The van der Waals surface area contributed by atoms with E-state index in [0.717, 1.165) is 37.1 Å². The van der Waals surface area contributed by atoms with Crippen molar-refractivity contribution in [1.29, 1.82) is 0 Å². The standard InChI is InChI=1S/C24H47N2O/c1-3-5-6-7-8-9-10-11-12-13-14-15-16-17-18-19-24-25-20-21-26(24,4-2)22-23-27/h10-11,27H,3-9,12-23H2,1-2H3/q+1/b11-10+. The number of likely N-dealkylation sites (N-methyl/N-ethyl adjacent to an activating group) is 1. The predicted octanol–water partition coefficient (Wildman–Crippen LogP) is 6.27. The number of nitrogens with zero attached hydrogens (tertiary/aromatic N) is 2. The van der Waals surface area contributed by atoms with Crippen LogP contribution in [0.15, 0.2) is 17.1 Å². The number of aliphatic hydroxyl groups excluding tert-OH is 1. The van der Waals surface area contributed by atoms with Gasteiger partial charge < -0.3 is 5.11 Å². The van der Waals surface area contributed by atoms with Gasteiger partial charge in [-0.15, -0.1) is 0 Å². The molecule has 0 aromatic carbocycles. The van der Waals surface area contributed by atoms with E-state index in [-0.39, 0.29) is 6.61 Å². The number of hydrogen-bond donors (Lipinski definition) is 1. The lowest BCUT2D eigenvalue weighted by atomic mass is 10.1. The summed E-state index contributed by atoms with van der Waals surface area (Å²) in [5, 5.41) is 9.37. The van der Waals surface area contributed by atoms with Crippen LogP contribution in [0.1, 0.15) is 104 Å². The van der Waals surface area contributed by atoms with Gasteiger partial charge in [0.05, 0.1) is 19.7 Å². The largest absolute Gasteiger partial charge is 0.390 e. The Morgan fingerprint density at radius 1 is 0.852 bits per heavy atom. The summed E-state index contributed by atoms with van der Waals surface area (Å²) < 4.78 is 0.946. The van der Waals surface area contributed by atoms with Crippen LogP contribution >= 0.6 is 0 Å². The number of allylic oxidation sites excluding steroid dienone is 2. The predicted molar refractivity (Wildman–Crippen MR) is 119 cm³/mol. The van der Waals surface area contributed by atoms with E-state index in [1.807, 2.05) is 0 Å². The topological polar surface area (TPSA) is 32.6 Å². The highest BCUT2D eigenvalue weighted by Crippen LogP contribution is 2.20. The lowest BCUT2D eigenvalue weighted by molar-refractivity contribution is -0.835. The number of amidine groups is 1. The monoisotopic (exact) mass is 379 g/mol. The summed E-state index contributed by atoms with van der Waals surface area (Å²) in [6.45, 7) is 8.76. The molecule has 1 unspecified atom stereocenters. The third-order valence-electron chi connectivity index (χ3n) is 6.17. The van der Waals surface area contributed by atoms with Crippen LogP contribution < -0.4 is 0 Å². The molecule has 0 aromatic rings. The third-order valence-corrected chi connectivity index (χ3v) is 6.17. The molecule has 3 nitrogen and oxygen atoms in total. The Morgan fingerprint density at radius 2 is 1.44 bits per heavy atom. The Morgan fingerprint density at radius 3 is 2.04 bits per heavy atom. The average molecular weight is 380 g/mol. The summed E-state index contributed by atoms with van der Waals surface area (Å²) in [6.07, 6.45) is 23.5. The van der Waals surface area contributed by atoms with Crippen molar-refractivity contribution >= 4 is 5.84 Å². The minimum absolute atomic E-state index is 0.278. The number of unbranched alkanes of at least 4 members (excludes halogenated alkanes) is 11. The molecule has 0 aromatic heterocycles. The Bertz CT molecular complexity index is 405. The van der Waals surface area contributed by atoms with Crippen molar-refractivity contribution in [2.75, 3.05) is 32.8 Å². The summed E-state index contributed by atoms with van der Waals surface area (Å²) in [4.78, 5) is 4.75. The summed E-state index contributed by atoms with van der Waals surface area (Å²) in [5.74, 6) is 1.35. The van der Waals surface area contributed by atoms with Gasteiger partial charge in [0.15, 0.2) is 5.84 Å². The molecule has 1 aliphatic heterocycles. The average Bonchev–Trinajstić information content (AvgIpc) is 3.08. The zero-order chi connectivity index (χ0) is 19.6. The maximum absolute atomic E-state index is 9.37. The molecule has 0 saturated heterocycles. The lowest BCUT2D eigenvalue weighted by Gasteiger charge is -2.33. The second-order valence-electron chi connectivity index (χ2n) is 8.26. The molecule has 158 valence electrons. The van der Waals surface area contributed by atoms with Crippen LogP contribution in [0.25, 0.3) is 0 Å². The molecule has 1 atom stereocenters. The highest BCUT2D eigenvalue weighted by atomic mass is 16.3. The molecule has 0 amide bonds. The van der Waals surface area contributed by atoms with Gasteiger partial charge in [0, 0.05) is 6.42 Å². The van der Waals surface area contributed by atoms with Gasteiger partial charge in [-0.05, 0) is 39.0 Å². The van der Waals surface area contributed by atoms with Crippen LogP contribution in [0.3, 0.4) is 0 Å². The highest BCUT2D eigenvalue weighted by molar-refractivity contribution is 5.76. The highest BCUT2D eigenvalue weighted by Gasteiger charge is 2.35. The molecule has 3 heteroatoms. The first-order valence-electron chi connectivity index (χ1n) is 11.9. The molecular formula is C24H47N2O+. The first-order chi connectivity index (χ1) is 13.3. The minimum atomic E-state index is 0.278. The van der Waals surface area contributed by atoms with Crippen molar-refractivity contribution in [3.63, 3.8) is 0 Å². The Labute approximate surface area is 169 Å². The first-order valence-corrected chi connectivity index (χ1v) is 11.9. The van der Waals surface area contributed by atoms with E-state index in [9.17, 15) is 5.11 Å². The number of aliphatic hydroxyl groups is 1. The van der Waals surface area contributed by atoms with Gasteiger partial charge in [-0.25, -0.2) is 4.99 Å². The maximum atomic E-state index is 9.37. The zero-order valence-corrected chi connectivity index (χ0v) is 18.4. The van der Waals surface area contributed by atoms with Crippen molar-refractivity contribution in [2.45, 2.75) is 104 Å². The summed E-state index contributed by atoms with van der Waals surface area (Å²) in [7, 11) is 0. The van der Waals surface area contributed by atoms with Crippen molar-refractivity contribution < 1.29 is 9.59 Å². The molecule has 27 heavy (non-hydrogen) atoms. The zero-order valence-electron chi connectivity index (χ0n) is 18.4. The van der Waals surface area contributed by atoms with E-state index in [0.29, 0.717) is 0 Å². The van der Waals surface area contributed by atoms with E-state index in [1.54, 1.807) is 0 Å². The summed E-state index contributed by atoms with van der Waals surface area (Å²) in [6, 6.07) is 0. The summed E-state index contributed by atoms with van der Waals surface area (Å²) >= 11 is 0. The molecule has 1 rings (SSSR count). The Hall–Kier alpha value is -0.670. The van der Waals surface area contributed by atoms with Crippen molar-refractivity contribution in [3.8, 4) is 0 Å². The van der Waals surface area contributed by atoms with Crippen LogP contribution in [-0.2, 0) is 0 Å². The number of aliphatic imine (C=N–C) groups is 1. The van der Waals surface area contributed by atoms with Gasteiger partial charge >= 0.3 is 0 Å². The Balaban J connectivity index is 1.93. The number of quaternary nitrogens is 1. The molecule has 1 N–H and O–H groups in total.